The van der Waals surface area contributed by atoms with E-state index in [1.165, 1.54) is 7.11 Å². The molecule has 3 aromatic rings. The lowest BCUT2D eigenvalue weighted by Gasteiger charge is -2.10. The summed E-state index contributed by atoms with van der Waals surface area (Å²) in [6, 6.07) is 13.0. The zero-order chi connectivity index (χ0) is 19.6. The maximum Gasteiger partial charge on any atom is 0.205 e. The zero-order valence-corrected chi connectivity index (χ0v) is 16.7. The first kappa shape index (κ1) is 18.7. The minimum absolute atomic E-state index is 0.0378. The summed E-state index contributed by atoms with van der Waals surface area (Å²) >= 11 is 3.45. The van der Waals surface area contributed by atoms with Crippen molar-refractivity contribution in [1.82, 2.24) is 4.98 Å². The summed E-state index contributed by atoms with van der Waals surface area (Å²) in [5.41, 5.74) is 2.79. The second-order valence-corrected chi connectivity index (χ2v) is 6.75. The second kappa shape index (κ2) is 7.68. The molecule has 0 aliphatic heterocycles. The van der Waals surface area contributed by atoms with Crippen LogP contribution in [0.15, 0.2) is 46.4 Å². The largest absolute Gasteiger partial charge is 0.493 e. The maximum absolute atomic E-state index is 13.1. The monoisotopic (exact) mass is 424 g/mol. The number of fused-ring (bicyclic) bond motifs is 1. The SMILES string of the molecule is COc1cc(Br)c(C=C(C#N)C(=O)c2c(C)[nH]c3ccccc23)cc1OC. The van der Waals surface area contributed by atoms with Crippen molar-refractivity contribution in [3.8, 4) is 17.6 Å². The number of hydrogen-bond acceptors (Lipinski definition) is 4. The van der Waals surface area contributed by atoms with E-state index in [2.05, 4.69) is 20.9 Å². The molecule has 0 saturated carbocycles. The molecule has 0 fully saturated rings. The Kier molecular flexibility index (Phi) is 5.33. The van der Waals surface area contributed by atoms with Gasteiger partial charge in [-0.05, 0) is 36.8 Å². The van der Waals surface area contributed by atoms with Gasteiger partial charge in [-0.25, -0.2) is 0 Å². The van der Waals surface area contributed by atoms with Crippen LogP contribution < -0.4 is 9.47 Å². The Morgan fingerprint density at radius 1 is 1.19 bits per heavy atom. The molecule has 1 aromatic heterocycles. The van der Waals surface area contributed by atoms with Crippen LogP contribution in [0.5, 0.6) is 11.5 Å². The molecular formula is C21H17BrN2O3. The van der Waals surface area contributed by atoms with Crippen molar-refractivity contribution in [1.29, 1.82) is 5.26 Å². The Labute approximate surface area is 165 Å². The van der Waals surface area contributed by atoms with Crippen molar-refractivity contribution in [2.24, 2.45) is 0 Å². The molecule has 27 heavy (non-hydrogen) atoms. The van der Waals surface area contributed by atoms with Gasteiger partial charge in [0.2, 0.25) is 5.78 Å². The van der Waals surface area contributed by atoms with Crippen LogP contribution in [0.3, 0.4) is 0 Å². The molecule has 2 aromatic carbocycles. The van der Waals surface area contributed by atoms with Crippen molar-refractivity contribution in [3.63, 3.8) is 0 Å². The summed E-state index contributed by atoms with van der Waals surface area (Å²) in [7, 11) is 3.08. The van der Waals surface area contributed by atoms with Gasteiger partial charge in [-0.3, -0.25) is 4.79 Å². The van der Waals surface area contributed by atoms with Crippen LogP contribution in [0.1, 0.15) is 21.6 Å². The standard InChI is InChI=1S/C21H17BrN2O3/c1-12-20(15-6-4-5-7-17(15)24-12)21(25)14(11-23)8-13-9-18(26-2)19(27-3)10-16(13)22/h4-10,24H,1-3H3. The average molecular weight is 425 g/mol. The summed E-state index contributed by atoms with van der Waals surface area (Å²) in [5, 5.41) is 10.4. The molecule has 136 valence electrons. The van der Waals surface area contributed by atoms with E-state index in [-0.39, 0.29) is 11.4 Å². The van der Waals surface area contributed by atoms with Gasteiger partial charge in [0.1, 0.15) is 11.6 Å². The second-order valence-electron chi connectivity index (χ2n) is 5.90. The van der Waals surface area contributed by atoms with Crippen LogP contribution in [0.4, 0.5) is 0 Å². The zero-order valence-electron chi connectivity index (χ0n) is 15.1. The van der Waals surface area contributed by atoms with Gasteiger partial charge in [0.05, 0.1) is 19.8 Å². The molecule has 6 heteroatoms. The summed E-state index contributed by atoms with van der Waals surface area (Å²) in [4.78, 5) is 16.3. The van der Waals surface area contributed by atoms with Gasteiger partial charge in [0, 0.05) is 21.1 Å². The summed E-state index contributed by atoms with van der Waals surface area (Å²) in [5.74, 6) is 0.743. The highest BCUT2D eigenvalue weighted by molar-refractivity contribution is 9.10. The predicted octanol–water partition coefficient (Wildman–Crippen LogP) is 5.05. The van der Waals surface area contributed by atoms with Gasteiger partial charge in [-0.1, -0.05) is 34.1 Å². The number of para-hydroxylation sites is 1. The van der Waals surface area contributed by atoms with E-state index in [4.69, 9.17) is 9.47 Å². The van der Waals surface area contributed by atoms with Crippen molar-refractivity contribution in [2.45, 2.75) is 6.92 Å². The molecule has 0 saturated heterocycles. The molecule has 0 bridgehead atoms. The molecule has 0 amide bonds. The number of nitrogens with one attached hydrogen (secondary N) is 1. The Morgan fingerprint density at radius 3 is 2.52 bits per heavy atom. The van der Waals surface area contributed by atoms with Crippen LogP contribution in [0.2, 0.25) is 0 Å². The van der Waals surface area contributed by atoms with Gasteiger partial charge in [-0.2, -0.15) is 5.26 Å². The molecule has 3 rings (SSSR count). The molecule has 5 nitrogen and oxygen atoms in total. The number of benzene rings is 2. The lowest BCUT2D eigenvalue weighted by molar-refractivity contribution is 0.104. The quantitative estimate of drug-likeness (QED) is 0.353. The third-order valence-corrected chi connectivity index (χ3v) is 4.98. The number of H-pyrrole nitrogens is 1. The first-order valence-electron chi connectivity index (χ1n) is 8.15. The first-order chi connectivity index (χ1) is 13.0. The Morgan fingerprint density at radius 2 is 1.85 bits per heavy atom. The molecule has 0 spiro atoms. The van der Waals surface area contributed by atoms with Crippen molar-refractivity contribution in [2.75, 3.05) is 14.2 Å². The van der Waals surface area contributed by atoms with Gasteiger partial charge in [0.15, 0.2) is 11.5 Å². The summed E-state index contributed by atoms with van der Waals surface area (Å²) < 4.78 is 11.3. The van der Waals surface area contributed by atoms with E-state index < -0.39 is 0 Å². The number of Topliss-reactive ketones (excluding diaryl/α,β-unsaturated/α-hetero) is 1. The van der Waals surface area contributed by atoms with Crippen LogP contribution in [-0.2, 0) is 0 Å². The minimum Gasteiger partial charge on any atom is -0.493 e. The van der Waals surface area contributed by atoms with E-state index >= 15 is 0 Å². The highest BCUT2D eigenvalue weighted by Crippen LogP contribution is 2.35. The van der Waals surface area contributed by atoms with Crippen LogP contribution >= 0.6 is 15.9 Å². The van der Waals surface area contributed by atoms with Crippen LogP contribution in [0, 0.1) is 18.3 Å². The van der Waals surface area contributed by atoms with Gasteiger partial charge in [-0.15, -0.1) is 0 Å². The van der Waals surface area contributed by atoms with E-state index in [9.17, 15) is 10.1 Å². The number of ether oxygens (including phenoxy) is 2. The maximum atomic E-state index is 13.1. The number of rotatable bonds is 5. The van der Waals surface area contributed by atoms with Crippen molar-refractivity contribution >= 4 is 38.7 Å². The van der Waals surface area contributed by atoms with Crippen LogP contribution in [0.25, 0.3) is 17.0 Å². The highest BCUT2D eigenvalue weighted by Gasteiger charge is 2.20. The fourth-order valence-electron chi connectivity index (χ4n) is 2.99. The minimum atomic E-state index is -0.325. The number of nitrogens with zero attached hydrogens (tertiary/aromatic N) is 1. The number of aromatic nitrogens is 1. The average Bonchev–Trinajstić information content (AvgIpc) is 3.01. The Balaban J connectivity index is 2.11. The molecule has 1 heterocycles. The third kappa shape index (κ3) is 3.46. The molecule has 1 N–H and O–H groups in total. The molecule has 0 unspecified atom stereocenters. The van der Waals surface area contributed by atoms with Crippen molar-refractivity contribution in [3.05, 3.63) is 63.3 Å². The molecule has 0 atom stereocenters. The smallest absolute Gasteiger partial charge is 0.205 e. The number of aromatic amines is 1. The number of nitriles is 1. The molecular weight excluding hydrogens is 408 g/mol. The van der Waals surface area contributed by atoms with Gasteiger partial charge >= 0.3 is 0 Å². The summed E-state index contributed by atoms with van der Waals surface area (Å²) in [6.07, 6.45) is 1.55. The van der Waals surface area contributed by atoms with Gasteiger partial charge < -0.3 is 14.5 Å². The van der Waals surface area contributed by atoms with E-state index in [0.717, 1.165) is 16.6 Å². The lowest BCUT2D eigenvalue weighted by atomic mass is 9.99. The van der Waals surface area contributed by atoms with E-state index in [1.54, 1.807) is 25.3 Å². The van der Waals surface area contributed by atoms with E-state index in [0.29, 0.717) is 27.1 Å². The number of aryl methyl sites for hydroxylation is 1. The van der Waals surface area contributed by atoms with Crippen molar-refractivity contribution < 1.29 is 14.3 Å². The Bertz CT molecular complexity index is 1110. The third-order valence-electron chi connectivity index (χ3n) is 4.29. The molecule has 0 aliphatic carbocycles. The number of hydrogen-bond donors (Lipinski definition) is 1. The molecule has 0 radical (unpaired) electrons. The number of carbonyl (C=O) groups is 1. The lowest BCUT2D eigenvalue weighted by Crippen LogP contribution is -2.03. The van der Waals surface area contributed by atoms with E-state index in [1.807, 2.05) is 37.3 Å². The fraction of sp³-hybridized carbons (Fsp3) is 0.143. The molecule has 0 aliphatic rings. The van der Waals surface area contributed by atoms with Gasteiger partial charge in [0.25, 0.3) is 0 Å². The topological polar surface area (TPSA) is 75.1 Å². The number of halogens is 1. The normalized spacial score (nSPS) is 11.3. The predicted molar refractivity (Wildman–Crippen MR) is 108 cm³/mol. The van der Waals surface area contributed by atoms with Crippen LogP contribution in [-0.4, -0.2) is 25.0 Å². The fourth-order valence-corrected chi connectivity index (χ4v) is 3.43. The highest BCUT2D eigenvalue weighted by atomic mass is 79.9. The Hall–Kier alpha value is -3.04. The summed E-state index contributed by atoms with van der Waals surface area (Å²) in [6.45, 7) is 1.83. The number of allylic oxidation sites excluding steroid dienone is 1. The number of ketones is 1. The first-order valence-corrected chi connectivity index (χ1v) is 8.94. The number of carbonyl (C=O) groups excluding carboxylic acids is 1. The number of methoxy groups -OCH3 is 2.